The first-order valence-electron chi connectivity index (χ1n) is 5.77. The second kappa shape index (κ2) is 6.47. The van der Waals surface area contributed by atoms with Crippen LogP contribution in [0.3, 0.4) is 0 Å². The van der Waals surface area contributed by atoms with Gasteiger partial charge in [-0.25, -0.2) is 0 Å². The van der Waals surface area contributed by atoms with E-state index in [1.165, 1.54) is 0 Å². The largest absolute Gasteiger partial charge is 0.497 e. The lowest BCUT2D eigenvalue weighted by molar-refractivity contribution is 0.0536. The van der Waals surface area contributed by atoms with Gasteiger partial charge in [-0.05, 0) is 31.9 Å². The summed E-state index contributed by atoms with van der Waals surface area (Å²) in [5.41, 5.74) is 4.64. The molecule has 0 aromatic heterocycles. The van der Waals surface area contributed by atoms with Crippen molar-refractivity contribution < 1.29 is 14.6 Å². The minimum absolute atomic E-state index is 0.270. The molecule has 1 unspecified atom stereocenters. The Morgan fingerprint density at radius 1 is 1.35 bits per heavy atom. The van der Waals surface area contributed by atoms with Crippen LogP contribution in [0.2, 0.25) is 0 Å². The lowest BCUT2D eigenvalue weighted by Crippen LogP contribution is -2.34. The Balaban J connectivity index is 2.31. The molecule has 1 aromatic rings. The summed E-state index contributed by atoms with van der Waals surface area (Å²) in [5, 5.41) is 9.70. The molecule has 4 heteroatoms. The van der Waals surface area contributed by atoms with Crippen molar-refractivity contribution in [3.8, 4) is 11.5 Å². The van der Waals surface area contributed by atoms with Crippen LogP contribution >= 0.6 is 0 Å². The Morgan fingerprint density at radius 3 is 2.71 bits per heavy atom. The van der Waals surface area contributed by atoms with Gasteiger partial charge in [-0.1, -0.05) is 6.07 Å². The van der Waals surface area contributed by atoms with E-state index < -0.39 is 5.60 Å². The van der Waals surface area contributed by atoms with Crippen LogP contribution in [0, 0.1) is 0 Å². The third-order valence-corrected chi connectivity index (χ3v) is 2.61. The number of hydrogen-bond donors (Lipinski definition) is 2. The molecule has 0 heterocycles. The second-order valence-corrected chi connectivity index (χ2v) is 4.33. The molecular weight excluding hydrogens is 218 g/mol. The molecule has 0 aliphatic rings. The standard InChI is InChI=1S/C13H21NO3/c1-13(15,10-14)7-4-8-17-12-6-3-5-11(9-12)16-2/h3,5-6,9,15H,4,7-8,10,14H2,1-2H3. The maximum atomic E-state index is 9.70. The van der Waals surface area contributed by atoms with Crippen LogP contribution in [-0.2, 0) is 0 Å². The number of methoxy groups -OCH3 is 1. The van der Waals surface area contributed by atoms with Crippen LogP contribution in [0.1, 0.15) is 19.8 Å². The molecule has 4 nitrogen and oxygen atoms in total. The van der Waals surface area contributed by atoms with Crippen molar-refractivity contribution in [1.82, 2.24) is 0 Å². The first-order valence-corrected chi connectivity index (χ1v) is 5.77. The Kier molecular flexibility index (Phi) is 5.25. The second-order valence-electron chi connectivity index (χ2n) is 4.33. The highest BCUT2D eigenvalue weighted by molar-refractivity contribution is 5.32. The van der Waals surface area contributed by atoms with Crippen molar-refractivity contribution in [2.75, 3.05) is 20.3 Å². The van der Waals surface area contributed by atoms with Gasteiger partial charge in [0.25, 0.3) is 0 Å². The Morgan fingerprint density at radius 2 is 2.06 bits per heavy atom. The molecule has 0 amide bonds. The number of hydrogen-bond acceptors (Lipinski definition) is 4. The number of benzene rings is 1. The van der Waals surface area contributed by atoms with Crippen LogP contribution in [-0.4, -0.2) is 31.0 Å². The highest BCUT2D eigenvalue weighted by Gasteiger charge is 2.16. The number of rotatable bonds is 7. The van der Waals surface area contributed by atoms with Gasteiger partial charge in [0.15, 0.2) is 0 Å². The van der Waals surface area contributed by atoms with Crippen molar-refractivity contribution >= 4 is 0 Å². The topological polar surface area (TPSA) is 64.7 Å². The van der Waals surface area contributed by atoms with E-state index in [4.69, 9.17) is 15.2 Å². The molecule has 0 saturated carbocycles. The van der Waals surface area contributed by atoms with Gasteiger partial charge in [0.05, 0.1) is 19.3 Å². The van der Waals surface area contributed by atoms with E-state index in [0.717, 1.165) is 17.9 Å². The molecule has 17 heavy (non-hydrogen) atoms. The lowest BCUT2D eigenvalue weighted by Gasteiger charge is -2.20. The highest BCUT2D eigenvalue weighted by Crippen LogP contribution is 2.19. The molecule has 0 aliphatic carbocycles. The fourth-order valence-corrected chi connectivity index (χ4v) is 1.44. The van der Waals surface area contributed by atoms with Gasteiger partial charge in [0, 0.05) is 12.6 Å². The molecule has 0 spiro atoms. The number of nitrogens with two attached hydrogens (primary N) is 1. The molecule has 1 aromatic carbocycles. The molecular formula is C13H21NO3. The van der Waals surface area contributed by atoms with Crippen LogP contribution in [0.25, 0.3) is 0 Å². The van der Waals surface area contributed by atoms with E-state index in [1.54, 1.807) is 14.0 Å². The van der Waals surface area contributed by atoms with E-state index >= 15 is 0 Å². The van der Waals surface area contributed by atoms with Crippen molar-refractivity contribution in [3.63, 3.8) is 0 Å². The summed E-state index contributed by atoms with van der Waals surface area (Å²) in [6, 6.07) is 7.46. The summed E-state index contributed by atoms with van der Waals surface area (Å²) in [6.45, 7) is 2.56. The molecule has 0 saturated heterocycles. The first kappa shape index (κ1) is 13.8. The fraction of sp³-hybridized carbons (Fsp3) is 0.538. The number of aliphatic hydroxyl groups is 1. The molecule has 1 rings (SSSR count). The number of ether oxygens (including phenoxy) is 2. The summed E-state index contributed by atoms with van der Waals surface area (Å²) in [4.78, 5) is 0. The molecule has 0 fully saturated rings. The van der Waals surface area contributed by atoms with Gasteiger partial charge >= 0.3 is 0 Å². The maximum absolute atomic E-state index is 9.70. The minimum atomic E-state index is -0.794. The van der Waals surface area contributed by atoms with Crippen LogP contribution in [0.15, 0.2) is 24.3 Å². The van der Waals surface area contributed by atoms with Gasteiger partial charge in [0.2, 0.25) is 0 Å². The van der Waals surface area contributed by atoms with Gasteiger partial charge in [-0.3, -0.25) is 0 Å². The summed E-state index contributed by atoms with van der Waals surface area (Å²) < 4.78 is 10.7. The minimum Gasteiger partial charge on any atom is -0.497 e. The Bertz CT molecular complexity index is 339. The average Bonchev–Trinajstić information content (AvgIpc) is 2.35. The summed E-state index contributed by atoms with van der Waals surface area (Å²) in [5.74, 6) is 1.55. The van der Waals surface area contributed by atoms with Gasteiger partial charge < -0.3 is 20.3 Å². The summed E-state index contributed by atoms with van der Waals surface area (Å²) in [7, 11) is 1.62. The van der Waals surface area contributed by atoms with Gasteiger partial charge in [-0.2, -0.15) is 0 Å². The lowest BCUT2D eigenvalue weighted by atomic mass is 10.0. The van der Waals surface area contributed by atoms with Gasteiger partial charge in [-0.15, -0.1) is 0 Å². The third-order valence-electron chi connectivity index (χ3n) is 2.61. The zero-order chi connectivity index (χ0) is 12.7. The van der Waals surface area contributed by atoms with E-state index in [2.05, 4.69) is 0 Å². The van der Waals surface area contributed by atoms with Crippen molar-refractivity contribution in [2.45, 2.75) is 25.4 Å². The van der Waals surface area contributed by atoms with Crippen LogP contribution in [0.5, 0.6) is 11.5 Å². The predicted octanol–water partition coefficient (Wildman–Crippen LogP) is 1.56. The van der Waals surface area contributed by atoms with Gasteiger partial charge in [0.1, 0.15) is 11.5 Å². The van der Waals surface area contributed by atoms with E-state index in [-0.39, 0.29) is 6.54 Å². The van der Waals surface area contributed by atoms with Crippen molar-refractivity contribution in [1.29, 1.82) is 0 Å². The predicted molar refractivity (Wildman–Crippen MR) is 67.4 cm³/mol. The van der Waals surface area contributed by atoms with Crippen LogP contribution in [0.4, 0.5) is 0 Å². The van der Waals surface area contributed by atoms with Crippen LogP contribution < -0.4 is 15.2 Å². The Hall–Kier alpha value is -1.26. The molecule has 0 aliphatic heterocycles. The normalized spacial score (nSPS) is 14.1. The highest BCUT2D eigenvalue weighted by atomic mass is 16.5. The molecule has 3 N–H and O–H groups in total. The zero-order valence-corrected chi connectivity index (χ0v) is 10.5. The third kappa shape index (κ3) is 5.06. The van der Waals surface area contributed by atoms with E-state index in [1.807, 2.05) is 24.3 Å². The SMILES string of the molecule is COc1cccc(OCCCC(C)(O)CN)c1. The monoisotopic (exact) mass is 239 g/mol. The molecule has 96 valence electrons. The van der Waals surface area contributed by atoms with Crippen molar-refractivity contribution in [3.05, 3.63) is 24.3 Å². The molecule has 0 bridgehead atoms. The molecule has 0 radical (unpaired) electrons. The first-order chi connectivity index (χ1) is 8.07. The van der Waals surface area contributed by atoms with E-state index in [9.17, 15) is 5.11 Å². The smallest absolute Gasteiger partial charge is 0.122 e. The zero-order valence-electron chi connectivity index (χ0n) is 10.5. The Labute approximate surface area is 102 Å². The van der Waals surface area contributed by atoms with Crippen molar-refractivity contribution in [2.24, 2.45) is 5.73 Å². The van der Waals surface area contributed by atoms with E-state index in [0.29, 0.717) is 13.0 Å². The summed E-state index contributed by atoms with van der Waals surface area (Å²) in [6.07, 6.45) is 1.40. The quantitative estimate of drug-likeness (QED) is 0.709. The summed E-state index contributed by atoms with van der Waals surface area (Å²) >= 11 is 0. The average molecular weight is 239 g/mol. The fourth-order valence-electron chi connectivity index (χ4n) is 1.44. The molecule has 1 atom stereocenters. The maximum Gasteiger partial charge on any atom is 0.122 e.